The molecule has 0 aliphatic rings. The number of hydrogen-bond acceptors (Lipinski definition) is 3. The number of anilines is 1. The van der Waals surface area contributed by atoms with Crippen LogP contribution in [0.2, 0.25) is 0 Å². The van der Waals surface area contributed by atoms with E-state index in [1.54, 1.807) is 0 Å². The second kappa shape index (κ2) is 5.47. The van der Waals surface area contributed by atoms with Gasteiger partial charge in [-0.15, -0.1) is 0 Å². The smallest absolute Gasteiger partial charge is 0.142 e. The third-order valence-corrected chi connectivity index (χ3v) is 2.89. The lowest BCUT2D eigenvalue weighted by atomic mass is 10.2. The molecule has 0 aliphatic heterocycles. The van der Waals surface area contributed by atoms with E-state index in [1.807, 2.05) is 20.2 Å². The van der Waals surface area contributed by atoms with E-state index in [0.717, 1.165) is 22.4 Å². The summed E-state index contributed by atoms with van der Waals surface area (Å²) in [4.78, 5) is 6.53. The Labute approximate surface area is 99.8 Å². The van der Waals surface area contributed by atoms with Crippen LogP contribution in [-0.2, 0) is 0 Å². The minimum Gasteiger partial charge on any atom is -0.358 e. The van der Waals surface area contributed by atoms with Crippen LogP contribution in [0.25, 0.3) is 0 Å². The first-order valence-electron chi connectivity index (χ1n) is 5.08. The van der Waals surface area contributed by atoms with Crippen molar-refractivity contribution in [2.45, 2.75) is 13.8 Å². The molecule has 0 saturated carbocycles. The zero-order chi connectivity index (χ0) is 11.4. The molecule has 84 valence electrons. The fourth-order valence-corrected chi connectivity index (χ4v) is 2.20. The highest BCUT2D eigenvalue weighted by atomic mass is 79.9. The van der Waals surface area contributed by atoms with Gasteiger partial charge in [0.2, 0.25) is 0 Å². The third kappa shape index (κ3) is 3.47. The molecular formula is C11H18BrN3. The van der Waals surface area contributed by atoms with E-state index in [2.05, 4.69) is 38.8 Å². The number of aryl methyl sites for hydroxylation is 1. The second-order valence-corrected chi connectivity index (χ2v) is 4.89. The van der Waals surface area contributed by atoms with Gasteiger partial charge in [0, 0.05) is 19.8 Å². The number of nitrogens with two attached hydrogens (primary N) is 1. The molecule has 1 aromatic rings. The SMILES string of the molecule is Cc1cnc(N(C)CC(C)CN)c(Br)c1. The van der Waals surface area contributed by atoms with Gasteiger partial charge < -0.3 is 10.6 Å². The fraction of sp³-hybridized carbons (Fsp3) is 0.545. The summed E-state index contributed by atoms with van der Waals surface area (Å²) in [6.07, 6.45) is 1.88. The molecule has 0 saturated heterocycles. The van der Waals surface area contributed by atoms with Crippen molar-refractivity contribution in [3.63, 3.8) is 0 Å². The topological polar surface area (TPSA) is 42.2 Å². The van der Waals surface area contributed by atoms with E-state index in [9.17, 15) is 0 Å². The molecular weight excluding hydrogens is 254 g/mol. The highest BCUT2D eigenvalue weighted by molar-refractivity contribution is 9.10. The monoisotopic (exact) mass is 271 g/mol. The predicted molar refractivity (Wildman–Crippen MR) is 68.2 cm³/mol. The molecule has 15 heavy (non-hydrogen) atoms. The Hall–Kier alpha value is -0.610. The quantitative estimate of drug-likeness (QED) is 0.913. The summed E-state index contributed by atoms with van der Waals surface area (Å²) >= 11 is 3.52. The van der Waals surface area contributed by atoms with Crippen molar-refractivity contribution in [3.05, 3.63) is 22.3 Å². The summed E-state index contributed by atoms with van der Waals surface area (Å²) in [6, 6.07) is 2.08. The van der Waals surface area contributed by atoms with E-state index < -0.39 is 0 Å². The molecule has 4 heteroatoms. The molecule has 2 N–H and O–H groups in total. The molecule has 1 rings (SSSR count). The normalized spacial score (nSPS) is 12.6. The number of rotatable bonds is 4. The zero-order valence-corrected chi connectivity index (χ0v) is 11.1. The summed E-state index contributed by atoms with van der Waals surface area (Å²) in [6.45, 7) is 5.79. The van der Waals surface area contributed by atoms with Crippen LogP contribution in [0.15, 0.2) is 16.7 Å². The minimum absolute atomic E-state index is 0.477. The van der Waals surface area contributed by atoms with E-state index in [0.29, 0.717) is 12.5 Å². The Morgan fingerprint density at radius 1 is 1.60 bits per heavy atom. The van der Waals surface area contributed by atoms with Crippen LogP contribution < -0.4 is 10.6 Å². The number of nitrogens with zero attached hydrogens (tertiary/aromatic N) is 2. The lowest BCUT2D eigenvalue weighted by Gasteiger charge is -2.22. The van der Waals surface area contributed by atoms with Crippen molar-refractivity contribution in [2.24, 2.45) is 11.7 Å². The van der Waals surface area contributed by atoms with Gasteiger partial charge in [-0.05, 0) is 46.9 Å². The van der Waals surface area contributed by atoms with E-state index in [4.69, 9.17) is 5.73 Å². The summed E-state index contributed by atoms with van der Waals surface area (Å²) < 4.78 is 1.04. The molecule has 0 radical (unpaired) electrons. The first kappa shape index (κ1) is 12.5. The molecule has 1 atom stereocenters. The Bertz CT molecular complexity index is 328. The lowest BCUT2D eigenvalue weighted by Crippen LogP contribution is -2.29. The summed E-state index contributed by atoms with van der Waals surface area (Å²) in [7, 11) is 2.04. The maximum absolute atomic E-state index is 5.60. The van der Waals surface area contributed by atoms with E-state index in [-0.39, 0.29) is 0 Å². The number of halogens is 1. The summed E-state index contributed by atoms with van der Waals surface area (Å²) in [5, 5.41) is 0. The van der Waals surface area contributed by atoms with Gasteiger partial charge in [-0.2, -0.15) is 0 Å². The third-order valence-electron chi connectivity index (χ3n) is 2.31. The van der Waals surface area contributed by atoms with Crippen molar-refractivity contribution in [1.29, 1.82) is 0 Å². The van der Waals surface area contributed by atoms with E-state index in [1.165, 1.54) is 0 Å². The molecule has 1 aromatic heterocycles. The van der Waals surface area contributed by atoms with Crippen LogP contribution in [0, 0.1) is 12.8 Å². The highest BCUT2D eigenvalue weighted by Crippen LogP contribution is 2.23. The van der Waals surface area contributed by atoms with Crippen LogP contribution in [-0.4, -0.2) is 25.1 Å². The number of aromatic nitrogens is 1. The number of hydrogen-bond donors (Lipinski definition) is 1. The van der Waals surface area contributed by atoms with Crippen molar-refractivity contribution < 1.29 is 0 Å². The van der Waals surface area contributed by atoms with Gasteiger partial charge in [-0.25, -0.2) is 4.98 Å². The zero-order valence-electron chi connectivity index (χ0n) is 9.50. The molecule has 0 aromatic carbocycles. The van der Waals surface area contributed by atoms with Crippen molar-refractivity contribution in [2.75, 3.05) is 25.0 Å². The highest BCUT2D eigenvalue weighted by Gasteiger charge is 2.10. The Morgan fingerprint density at radius 2 is 2.27 bits per heavy atom. The number of pyridine rings is 1. The molecule has 0 aliphatic carbocycles. The predicted octanol–water partition coefficient (Wildman–Crippen LogP) is 2.18. The van der Waals surface area contributed by atoms with Gasteiger partial charge in [0.25, 0.3) is 0 Å². The second-order valence-electron chi connectivity index (χ2n) is 4.04. The standard InChI is InChI=1S/C11H18BrN3/c1-8-4-10(12)11(14-6-8)15(3)7-9(2)5-13/h4,6,9H,5,7,13H2,1-3H3. The molecule has 0 amide bonds. The molecule has 0 bridgehead atoms. The van der Waals surface area contributed by atoms with Gasteiger partial charge in [0.15, 0.2) is 0 Å². The average molecular weight is 272 g/mol. The van der Waals surface area contributed by atoms with Gasteiger partial charge in [-0.1, -0.05) is 6.92 Å². The first-order chi connectivity index (χ1) is 7.04. The van der Waals surface area contributed by atoms with Gasteiger partial charge in [0.1, 0.15) is 5.82 Å². The minimum atomic E-state index is 0.477. The Kier molecular flexibility index (Phi) is 4.54. The first-order valence-corrected chi connectivity index (χ1v) is 5.87. The van der Waals surface area contributed by atoms with Crippen LogP contribution >= 0.6 is 15.9 Å². The Balaban J connectivity index is 2.77. The molecule has 3 nitrogen and oxygen atoms in total. The average Bonchev–Trinajstić information content (AvgIpc) is 2.17. The fourth-order valence-electron chi connectivity index (χ4n) is 1.44. The van der Waals surface area contributed by atoms with Crippen molar-refractivity contribution >= 4 is 21.7 Å². The molecule has 0 spiro atoms. The van der Waals surface area contributed by atoms with Gasteiger partial charge >= 0.3 is 0 Å². The molecule has 0 fully saturated rings. The Morgan fingerprint density at radius 3 is 2.80 bits per heavy atom. The van der Waals surface area contributed by atoms with Crippen LogP contribution in [0.5, 0.6) is 0 Å². The maximum Gasteiger partial charge on any atom is 0.142 e. The van der Waals surface area contributed by atoms with Crippen molar-refractivity contribution in [1.82, 2.24) is 4.98 Å². The largest absolute Gasteiger partial charge is 0.358 e. The summed E-state index contributed by atoms with van der Waals surface area (Å²) in [5.74, 6) is 1.45. The molecule has 1 heterocycles. The summed E-state index contributed by atoms with van der Waals surface area (Å²) in [5.41, 5.74) is 6.76. The maximum atomic E-state index is 5.60. The van der Waals surface area contributed by atoms with Gasteiger partial charge in [0.05, 0.1) is 4.47 Å². The van der Waals surface area contributed by atoms with Crippen LogP contribution in [0.1, 0.15) is 12.5 Å². The lowest BCUT2D eigenvalue weighted by molar-refractivity contribution is 0.587. The van der Waals surface area contributed by atoms with E-state index >= 15 is 0 Å². The van der Waals surface area contributed by atoms with Crippen LogP contribution in [0.4, 0.5) is 5.82 Å². The van der Waals surface area contributed by atoms with Crippen molar-refractivity contribution in [3.8, 4) is 0 Å². The van der Waals surface area contributed by atoms with Crippen LogP contribution in [0.3, 0.4) is 0 Å². The van der Waals surface area contributed by atoms with Gasteiger partial charge in [-0.3, -0.25) is 0 Å². The molecule has 1 unspecified atom stereocenters.